The summed E-state index contributed by atoms with van der Waals surface area (Å²) in [6.07, 6.45) is 0.231. The van der Waals surface area contributed by atoms with Crippen LogP contribution in [-0.2, 0) is 6.42 Å². The Balaban J connectivity index is 2.14. The van der Waals surface area contributed by atoms with Crippen LogP contribution < -0.4 is 11.5 Å². The molecular formula is C5H6N6O2. The number of nitrogens with two attached hydrogens (primary N) is 2. The van der Waals surface area contributed by atoms with Crippen molar-refractivity contribution in [2.45, 2.75) is 6.42 Å². The molecule has 0 spiro atoms. The molecule has 2 heterocycles. The largest absolute Gasteiger partial charge is 0.408 e. The minimum atomic E-state index is 0.00230. The summed E-state index contributed by atoms with van der Waals surface area (Å²) in [5, 5.41) is 14.1. The summed E-state index contributed by atoms with van der Waals surface area (Å²) in [5.74, 6) is 0.613. The number of hydrogen-bond donors (Lipinski definition) is 2. The first-order valence-corrected chi connectivity index (χ1v) is 3.40. The second kappa shape index (κ2) is 2.73. The number of nitrogen functional groups attached to an aromatic ring is 2. The third-order valence-electron chi connectivity index (χ3n) is 1.27. The quantitative estimate of drug-likeness (QED) is 0.617. The Morgan fingerprint density at radius 1 is 0.846 bits per heavy atom. The molecule has 13 heavy (non-hydrogen) atoms. The Morgan fingerprint density at radius 3 is 1.62 bits per heavy atom. The zero-order valence-corrected chi connectivity index (χ0v) is 6.47. The molecule has 0 saturated heterocycles. The fourth-order valence-electron chi connectivity index (χ4n) is 0.805. The molecule has 0 aliphatic heterocycles. The molecule has 0 unspecified atom stereocenters. The fourth-order valence-corrected chi connectivity index (χ4v) is 0.805. The molecule has 0 aromatic carbocycles. The normalized spacial score (nSPS) is 10.5. The molecule has 8 nitrogen and oxygen atoms in total. The highest BCUT2D eigenvalue weighted by molar-refractivity contribution is 5.09. The Hall–Kier alpha value is -2.12. The lowest BCUT2D eigenvalue weighted by molar-refractivity contribution is 0.471. The van der Waals surface area contributed by atoms with Gasteiger partial charge in [0.15, 0.2) is 0 Å². The average Bonchev–Trinajstić information content (AvgIpc) is 2.62. The van der Waals surface area contributed by atoms with Crippen LogP contribution in [0.4, 0.5) is 12.0 Å². The van der Waals surface area contributed by atoms with Crippen molar-refractivity contribution < 1.29 is 8.83 Å². The molecule has 0 aliphatic rings. The molecule has 2 aromatic rings. The highest BCUT2D eigenvalue weighted by Crippen LogP contribution is 2.08. The first kappa shape index (κ1) is 7.53. The van der Waals surface area contributed by atoms with Crippen molar-refractivity contribution in [2.75, 3.05) is 11.5 Å². The van der Waals surface area contributed by atoms with Gasteiger partial charge in [-0.15, -0.1) is 10.2 Å². The van der Waals surface area contributed by atoms with E-state index in [1.165, 1.54) is 0 Å². The topological polar surface area (TPSA) is 130 Å². The molecule has 2 rings (SSSR count). The monoisotopic (exact) mass is 182 g/mol. The van der Waals surface area contributed by atoms with Crippen molar-refractivity contribution in [3.63, 3.8) is 0 Å². The lowest BCUT2D eigenvalue weighted by Crippen LogP contribution is -1.88. The van der Waals surface area contributed by atoms with Gasteiger partial charge in [0, 0.05) is 0 Å². The van der Waals surface area contributed by atoms with Gasteiger partial charge in [0.1, 0.15) is 6.42 Å². The molecular weight excluding hydrogens is 176 g/mol. The summed E-state index contributed by atoms with van der Waals surface area (Å²) in [4.78, 5) is 0. The lowest BCUT2D eigenvalue weighted by Gasteiger charge is -1.85. The van der Waals surface area contributed by atoms with E-state index in [2.05, 4.69) is 20.4 Å². The van der Waals surface area contributed by atoms with Crippen LogP contribution in [0.25, 0.3) is 0 Å². The van der Waals surface area contributed by atoms with E-state index in [1.807, 2.05) is 0 Å². The van der Waals surface area contributed by atoms with Crippen molar-refractivity contribution >= 4 is 12.0 Å². The minimum absolute atomic E-state index is 0.00230. The summed E-state index contributed by atoms with van der Waals surface area (Å²) in [7, 11) is 0. The maximum absolute atomic E-state index is 5.21. The van der Waals surface area contributed by atoms with Gasteiger partial charge < -0.3 is 20.3 Å². The summed E-state index contributed by atoms with van der Waals surface area (Å²) < 4.78 is 9.77. The van der Waals surface area contributed by atoms with E-state index in [9.17, 15) is 0 Å². The fraction of sp³-hybridized carbons (Fsp3) is 0.200. The predicted molar refractivity (Wildman–Crippen MR) is 40.2 cm³/mol. The SMILES string of the molecule is Nc1nnc(Cc2nnc(N)o2)o1. The first-order chi connectivity index (χ1) is 6.24. The zero-order valence-electron chi connectivity index (χ0n) is 6.47. The molecule has 8 heteroatoms. The van der Waals surface area contributed by atoms with Crippen LogP contribution in [0.2, 0.25) is 0 Å². The van der Waals surface area contributed by atoms with Crippen LogP contribution >= 0.6 is 0 Å². The highest BCUT2D eigenvalue weighted by atomic mass is 16.4. The summed E-state index contributed by atoms with van der Waals surface area (Å²) in [6, 6.07) is 0.00461. The maximum Gasteiger partial charge on any atom is 0.312 e. The number of rotatable bonds is 2. The first-order valence-electron chi connectivity index (χ1n) is 3.40. The second-order valence-electron chi connectivity index (χ2n) is 2.24. The van der Waals surface area contributed by atoms with Crippen molar-refractivity contribution in [1.82, 2.24) is 20.4 Å². The van der Waals surface area contributed by atoms with Gasteiger partial charge in [-0.3, -0.25) is 0 Å². The molecule has 68 valence electrons. The van der Waals surface area contributed by atoms with Gasteiger partial charge in [-0.05, 0) is 0 Å². The lowest BCUT2D eigenvalue weighted by atomic mass is 10.4. The van der Waals surface area contributed by atoms with Crippen LogP contribution in [0.5, 0.6) is 0 Å². The van der Waals surface area contributed by atoms with Crippen LogP contribution in [0.15, 0.2) is 8.83 Å². The van der Waals surface area contributed by atoms with Gasteiger partial charge in [-0.25, -0.2) is 0 Å². The van der Waals surface area contributed by atoms with Gasteiger partial charge in [-0.2, -0.15) is 0 Å². The van der Waals surface area contributed by atoms with Crippen LogP contribution in [0.1, 0.15) is 11.8 Å². The average molecular weight is 182 g/mol. The van der Waals surface area contributed by atoms with Gasteiger partial charge in [0.25, 0.3) is 0 Å². The molecule has 0 bridgehead atoms. The summed E-state index contributed by atoms with van der Waals surface area (Å²) in [6.45, 7) is 0. The van der Waals surface area contributed by atoms with Gasteiger partial charge >= 0.3 is 12.0 Å². The van der Waals surface area contributed by atoms with Crippen molar-refractivity contribution in [3.05, 3.63) is 11.8 Å². The zero-order chi connectivity index (χ0) is 9.26. The number of anilines is 2. The molecule has 0 saturated carbocycles. The number of hydrogen-bond acceptors (Lipinski definition) is 8. The standard InChI is InChI=1S/C5H6N6O2/c6-4-10-8-2(12-4)1-3-9-11-5(7)13-3/h1H2,(H2,6,10)(H2,7,11). The molecule has 0 fully saturated rings. The van der Waals surface area contributed by atoms with E-state index in [0.29, 0.717) is 11.8 Å². The number of aromatic nitrogens is 4. The summed E-state index contributed by atoms with van der Waals surface area (Å²) >= 11 is 0. The Labute approximate surface area is 71.9 Å². The third-order valence-corrected chi connectivity index (χ3v) is 1.27. The second-order valence-corrected chi connectivity index (χ2v) is 2.24. The van der Waals surface area contributed by atoms with E-state index < -0.39 is 0 Å². The van der Waals surface area contributed by atoms with Crippen LogP contribution in [0.3, 0.4) is 0 Å². The molecule has 0 atom stereocenters. The molecule has 0 amide bonds. The smallest absolute Gasteiger partial charge is 0.312 e. The van der Waals surface area contributed by atoms with Crippen molar-refractivity contribution in [3.8, 4) is 0 Å². The van der Waals surface area contributed by atoms with Gasteiger partial charge in [0.2, 0.25) is 11.8 Å². The summed E-state index contributed by atoms with van der Waals surface area (Å²) in [5.41, 5.74) is 10.4. The predicted octanol–water partition coefficient (Wildman–Crippen LogP) is -0.792. The van der Waals surface area contributed by atoms with Crippen molar-refractivity contribution in [1.29, 1.82) is 0 Å². The molecule has 0 radical (unpaired) electrons. The molecule has 4 N–H and O–H groups in total. The van der Waals surface area contributed by atoms with E-state index >= 15 is 0 Å². The van der Waals surface area contributed by atoms with Crippen LogP contribution in [-0.4, -0.2) is 20.4 Å². The number of nitrogens with zero attached hydrogens (tertiary/aromatic N) is 4. The van der Waals surface area contributed by atoms with Gasteiger partial charge in [-0.1, -0.05) is 10.2 Å². The van der Waals surface area contributed by atoms with E-state index in [1.54, 1.807) is 0 Å². The minimum Gasteiger partial charge on any atom is -0.408 e. The Kier molecular flexibility index (Phi) is 1.58. The van der Waals surface area contributed by atoms with Crippen molar-refractivity contribution in [2.24, 2.45) is 0 Å². The Bertz CT molecular complexity index is 368. The highest BCUT2D eigenvalue weighted by Gasteiger charge is 2.09. The molecule has 0 aliphatic carbocycles. The Morgan fingerprint density at radius 2 is 1.31 bits per heavy atom. The maximum atomic E-state index is 5.21. The van der Waals surface area contributed by atoms with Gasteiger partial charge in [0.05, 0.1) is 0 Å². The van der Waals surface area contributed by atoms with E-state index in [4.69, 9.17) is 20.3 Å². The molecule has 2 aromatic heterocycles. The van der Waals surface area contributed by atoms with Crippen LogP contribution in [0, 0.1) is 0 Å². The van der Waals surface area contributed by atoms with E-state index in [-0.39, 0.29) is 18.5 Å². The van der Waals surface area contributed by atoms with E-state index in [0.717, 1.165) is 0 Å². The third kappa shape index (κ3) is 1.55.